The lowest BCUT2D eigenvalue weighted by Crippen LogP contribution is -2.10. The second-order valence-electron chi connectivity index (χ2n) is 2.31. The highest BCUT2D eigenvalue weighted by Gasteiger charge is 1.98. The van der Waals surface area contributed by atoms with E-state index in [2.05, 4.69) is 5.32 Å². The molecule has 1 amide bonds. The Balaban J connectivity index is 2.74. The zero-order valence-corrected chi connectivity index (χ0v) is 6.91. The second kappa shape index (κ2) is 4.38. The first-order valence-corrected chi connectivity index (χ1v) is 3.67. The van der Waals surface area contributed by atoms with E-state index in [0.29, 0.717) is 13.0 Å². The molecule has 0 unspecified atom stereocenters. The van der Waals surface area contributed by atoms with Gasteiger partial charge in [0.25, 0.3) is 0 Å². The molecule has 1 aromatic rings. The molecular weight excluding hydrogens is 154 g/mol. The van der Waals surface area contributed by atoms with Crippen molar-refractivity contribution in [2.75, 3.05) is 7.11 Å². The topological polar surface area (TPSA) is 38.3 Å². The van der Waals surface area contributed by atoms with Gasteiger partial charge in [0, 0.05) is 12.1 Å². The molecule has 0 saturated carbocycles. The van der Waals surface area contributed by atoms with E-state index in [-0.39, 0.29) is 0 Å². The number of ether oxygens (including phenoxy) is 1. The minimum Gasteiger partial charge on any atom is -0.496 e. The van der Waals surface area contributed by atoms with Crippen molar-refractivity contribution < 1.29 is 9.53 Å². The molecule has 0 aromatic heterocycles. The molecule has 0 fully saturated rings. The predicted octanol–water partition coefficient (Wildman–Crippen LogP) is 0.941. The number of carbonyl (C=O) groups excluding carboxylic acids is 1. The Labute approximate surface area is 71.4 Å². The van der Waals surface area contributed by atoms with Gasteiger partial charge >= 0.3 is 0 Å². The molecule has 0 atom stereocenters. The SMILES string of the molecule is COc1ccccc1CNC=O. The van der Waals surface area contributed by atoms with Crippen LogP contribution in [0.4, 0.5) is 0 Å². The molecule has 12 heavy (non-hydrogen) atoms. The Hall–Kier alpha value is -1.51. The van der Waals surface area contributed by atoms with Crippen molar-refractivity contribution in [1.29, 1.82) is 0 Å². The van der Waals surface area contributed by atoms with Crippen LogP contribution < -0.4 is 10.1 Å². The summed E-state index contributed by atoms with van der Waals surface area (Å²) >= 11 is 0. The first kappa shape index (κ1) is 8.59. The Kier molecular flexibility index (Phi) is 3.14. The number of para-hydroxylation sites is 1. The van der Waals surface area contributed by atoms with Gasteiger partial charge in [-0.3, -0.25) is 4.79 Å². The minimum absolute atomic E-state index is 0.507. The third kappa shape index (κ3) is 1.99. The quantitative estimate of drug-likeness (QED) is 0.674. The van der Waals surface area contributed by atoms with E-state index in [1.165, 1.54) is 0 Å². The van der Waals surface area contributed by atoms with Crippen molar-refractivity contribution in [3.63, 3.8) is 0 Å². The molecule has 64 valence electrons. The number of hydrogen-bond acceptors (Lipinski definition) is 2. The highest BCUT2D eigenvalue weighted by Crippen LogP contribution is 2.16. The maximum Gasteiger partial charge on any atom is 0.207 e. The van der Waals surface area contributed by atoms with Crippen molar-refractivity contribution >= 4 is 6.41 Å². The van der Waals surface area contributed by atoms with Gasteiger partial charge in [0.1, 0.15) is 5.75 Å². The summed E-state index contributed by atoms with van der Waals surface area (Å²) in [5, 5.41) is 2.58. The van der Waals surface area contributed by atoms with Gasteiger partial charge in [0.05, 0.1) is 7.11 Å². The highest BCUT2D eigenvalue weighted by atomic mass is 16.5. The average Bonchev–Trinajstić information content (AvgIpc) is 2.15. The van der Waals surface area contributed by atoms with Gasteiger partial charge in [0.2, 0.25) is 6.41 Å². The molecular formula is C9H11NO2. The Morgan fingerprint density at radius 3 is 2.92 bits per heavy atom. The minimum atomic E-state index is 0.507. The molecule has 0 saturated heterocycles. The van der Waals surface area contributed by atoms with E-state index in [1.807, 2.05) is 24.3 Å². The Morgan fingerprint density at radius 1 is 1.50 bits per heavy atom. The van der Waals surface area contributed by atoms with Gasteiger partial charge in [0.15, 0.2) is 0 Å². The van der Waals surface area contributed by atoms with Crippen molar-refractivity contribution in [2.45, 2.75) is 6.54 Å². The fourth-order valence-corrected chi connectivity index (χ4v) is 1.00. The molecule has 0 aliphatic rings. The number of hydrogen-bond donors (Lipinski definition) is 1. The van der Waals surface area contributed by atoms with Crippen LogP contribution in [-0.4, -0.2) is 13.5 Å². The predicted molar refractivity (Wildman–Crippen MR) is 45.9 cm³/mol. The largest absolute Gasteiger partial charge is 0.496 e. The number of amides is 1. The molecule has 1 rings (SSSR count). The van der Waals surface area contributed by atoms with Crippen LogP contribution in [0, 0.1) is 0 Å². The van der Waals surface area contributed by atoms with Crippen molar-refractivity contribution in [3.8, 4) is 5.75 Å². The van der Waals surface area contributed by atoms with Gasteiger partial charge in [-0.15, -0.1) is 0 Å². The second-order valence-corrected chi connectivity index (χ2v) is 2.31. The summed E-state index contributed by atoms with van der Waals surface area (Å²) in [6.45, 7) is 0.507. The first-order valence-electron chi connectivity index (χ1n) is 3.67. The third-order valence-electron chi connectivity index (χ3n) is 1.57. The van der Waals surface area contributed by atoms with Crippen molar-refractivity contribution in [3.05, 3.63) is 29.8 Å². The molecule has 1 aromatic carbocycles. The van der Waals surface area contributed by atoms with E-state index < -0.39 is 0 Å². The smallest absolute Gasteiger partial charge is 0.207 e. The van der Waals surface area contributed by atoms with Gasteiger partial charge in [-0.1, -0.05) is 18.2 Å². The van der Waals surface area contributed by atoms with Crippen LogP contribution in [-0.2, 0) is 11.3 Å². The van der Waals surface area contributed by atoms with Crippen LogP contribution >= 0.6 is 0 Å². The maximum atomic E-state index is 10.0. The monoisotopic (exact) mass is 165 g/mol. The lowest BCUT2D eigenvalue weighted by atomic mass is 10.2. The van der Waals surface area contributed by atoms with Crippen LogP contribution in [0.15, 0.2) is 24.3 Å². The zero-order valence-electron chi connectivity index (χ0n) is 6.91. The third-order valence-corrected chi connectivity index (χ3v) is 1.57. The summed E-state index contributed by atoms with van der Waals surface area (Å²) in [5.74, 6) is 0.798. The molecule has 3 nitrogen and oxygen atoms in total. The summed E-state index contributed by atoms with van der Waals surface area (Å²) in [7, 11) is 1.61. The Bertz CT molecular complexity index is 260. The van der Waals surface area contributed by atoms with Crippen LogP contribution in [0.25, 0.3) is 0 Å². The molecule has 0 aliphatic heterocycles. The van der Waals surface area contributed by atoms with E-state index in [1.54, 1.807) is 7.11 Å². The van der Waals surface area contributed by atoms with Crippen molar-refractivity contribution in [1.82, 2.24) is 5.32 Å². The number of benzene rings is 1. The van der Waals surface area contributed by atoms with Gasteiger partial charge in [-0.05, 0) is 6.07 Å². The van der Waals surface area contributed by atoms with E-state index >= 15 is 0 Å². The van der Waals surface area contributed by atoms with Gasteiger partial charge in [-0.25, -0.2) is 0 Å². The molecule has 0 heterocycles. The zero-order chi connectivity index (χ0) is 8.81. The highest BCUT2D eigenvalue weighted by molar-refractivity contribution is 5.47. The standard InChI is InChI=1S/C9H11NO2/c1-12-9-5-3-2-4-8(9)6-10-7-11/h2-5,7H,6H2,1H3,(H,10,11). The first-order chi connectivity index (χ1) is 5.88. The molecule has 0 bridgehead atoms. The molecule has 1 N–H and O–H groups in total. The van der Waals surface area contributed by atoms with Crippen molar-refractivity contribution in [2.24, 2.45) is 0 Å². The van der Waals surface area contributed by atoms with E-state index in [4.69, 9.17) is 4.74 Å². The molecule has 0 radical (unpaired) electrons. The van der Waals surface area contributed by atoms with Crippen LogP contribution in [0.2, 0.25) is 0 Å². The van der Waals surface area contributed by atoms with Crippen LogP contribution in [0.3, 0.4) is 0 Å². The summed E-state index contributed by atoms with van der Waals surface area (Å²) in [6.07, 6.45) is 0.673. The van der Waals surface area contributed by atoms with Gasteiger partial charge in [-0.2, -0.15) is 0 Å². The fraction of sp³-hybridized carbons (Fsp3) is 0.222. The normalized spacial score (nSPS) is 9.08. The van der Waals surface area contributed by atoms with Crippen LogP contribution in [0.1, 0.15) is 5.56 Å². The number of carbonyl (C=O) groups is 1. The lowest BCUT2D eigenvalue weighted by molar-refractivity contribution is -0.109. The summed E-state index contributed by atoms with van der Waals surface area (Å²) in [4.78, 5) is 10.0. The summed E-state index contributed by atoms with van der Waals surface area (Å²) in [6, 6.07) is 7.57. The average molecular weight is 165 g/mol. The fourth-order valence-electron chi connectivity index (χ4n) is 1.00. The number of nitrogens with one attached hydrogen (secondary N) is 1. The molecule has 0 aliphatic carbocycles. The van der Waals surface area contributed by atoms with E-state index in [0.717, 1.165) is 11.3 Å². The van der Waals surface area contributed by atoms with E-state index in [9.17, 15) is 4.79 Å². The lowest BCUT2D eigenvalue weighted by Gasteiger charge is -2.06. The number of methoxy groups -OCH3 is 1. The number of rotatable bonds is 4. The van der Waals surface area contributed by atoms with Crippen LogP contribution in [0.5, 0.6) is 5.75 Å². The molecule has 3 heteroatoms. The molecule has 0 spiro atoms. The van der Waals surface area contributed by atoms with Gasteiger partial charge < -0.3 is 10.1 Å². The summed E-state index contributed by atoms with van der Waals surface area (Å²) < 4.78 is 5.09. The Morgan fingerprint density at radius 2 is 2.25 bits per heavy atom. The summed E-state index contributed by atoms with van der Waals surface area (Å²) in [5.41, 5.74) is 0.979. The maximum absolute atomic E-state index is 10.0.